The van der Waals surface area contributed by atoms with Crippen LogP contribution in [0.4, 0.5) is 0 Å². The molecule has 0 aromatic carbocycles. The molecular weight excluding hydrogens is 308 g/mol. The normalized spacial score (nSPS) is 16.5. The molecule has 0 spiro atoms. The summed E-state index contributed by atoms with van der Waals surface area (Å²) in [5, 5.41) is 10.6. The van der Waals surface area contributed by atoms with Gasteiger partial charge < -0.3 is 9.53 Å². The molecule has 0 radical (unpaired) electrons. The van der Waals surface area contributed by atoms with Crippen molar-refractivity contribution in [3.63, 3.8) is 0 Å². The van der Waals surface area contributed by atoms with Crippen LogP contribution >= 0.6 is 11.8 Å². The molecule has 0 aliphatic carbocycles. The van der Waals surface area contributed by atoms with Crippen LogP contribution in [0.25, 0.3) is 0 Å². The number of hydrogen-bond donors (Lipinski definition) is 1. The summed E-state index contributed by atoms with van der Waals surface area (Å²) in [6.45, 7) is 15.6. The summed E-state index contributed by atoms with van der Waals surface area (Å²) in [6.07, 6.45) is 9.47. The van der Waals surface area contributed by atoms with Gasteiger partial charge in [-0.3, -0.25) is 0 Å². The highest BCUT2D eigenvalue weighted by atomic mass is 32.2. The van der Waals surface area contributed by atoms with Crippen LogP contribution in [-0.2, 0) is 4.43 Å². The van der Waals surface area contributed by atoms with Crippen LogP contribution in [0.5, 0.6) is 0 Å². The fourth-order valence-corrected chi connectivity index (χ4v) is 3.48. The zero-order chi connectivity index (χ0) is 17.4. The maximum absolute atomic E-state index is 10.4. The number of unbranched alkanes of at least 4 members (excludes halogenated alkanes) is 3. The van der Waals surface area contributed by atoms with Crippen LogP contribution in [0.15, 0.2) is 11.2 Å². The predicted octanol–water partition coefficient (Wildman–Crippen LogP) is 6.18. The second-order valence-electron chi connectivity index (χ2n) is 7.81. The molecule has 2 nitrogen and oxygen atoms in total. The van der Waals surface area contributed by atoms with Crippen LogP contribution in [0, 0.1) is 5.92 Å². The van der Waals surface area contributed by atoms with Gasteiger partial charge in [0.05, 0.1) is 12.4 Å². The molecule has 0 aromatic rings. The Balaban J connectivity index is 4.63. The minimum absolute atomic E-state index is 0.154. The first-order valence-electron chi connectivity index (χ1n) is 8.66. The van der Waals surface area contributed by atoms with E-state index >= 15 is 0 Å². The average molecular weight is 347 g/mol. The maximum Gasteiger partial charge on any atom is 0.249 e. The molecule has 0 saturated carbocycles. The highest BCUT2D eigenvalue weighted by molar-refractivity contribution is 8.02. The number of rotatable bonds is 10. The summed E-state index contributed by atoms with van der Waals surface area (Å²) < 4.78 is 6.21. The van der Waals surface area contributed by atoms with Gasteiger partial charge in [0.1, 0.15) is 0 Å². The third-order valence-electron chi connectivity index (χ3n) is 4.89. The van der Waals surface area contributed by atoms with Crippen molar-refractivity contribution in [1.82, 2.24) is 0 Å². The minimum Gasteiger partial charge on any atom is -0.548 e. The van der Waals surface area contributed by atoms with Crippen molar-refractivity contribution in [2.24, 2.45) is 5.92 Å². The monoisotopic (exact) mass is 346 g/mol. The molecule has 0 rings (SSSR count). The van der Waals surface area contributed by atoms with Gasteiger partial charge in [-0.25, -0.2) is 0 Å². The van der Waals surface area contributed by atoms with Crippen molar-refractivity contribution in [1.29, 1.82) is 0 Å². The second-order valence-corrected chi connectivity index (χ2v) is 13.4. The SMILES string of the molecule is CCCCCC[C@H](O)[C@H](C)/C(=C/O[Si](C)(C)C(C)(C)C)SC. The third-order valence-corrected chi connectivity index (χ3v) is 10.1. The summed E-state index contributed by atoms with van der Waals surface area (Å²) in [4.78, 5) is 1.16. The molecule has 0 amide bonds. The van der Waals surface area contributed by atoms with Gasteiger partial charge in [-0.05, 0) is 30.8 Å². The quantitative estimate of drug-likeness (QED) is 0.291. The first-order chi connectivity index (χ1) is 10.1. The molecule has 0 saturated heterocycles. The van der Waals surface area contributed by atoms with E-state index in [-0.39, 0.29) is 17.1 Å². The summed E-state index contributed by atoms with van der Waals surface area (Å²) in [5.41, 5.74) is 0. The van der Waals surface area contributed by atoms with E-state index in [1.165, 1.54) is 19.3 Å². The summed E-state index contributed by atoms with van der Waals surface area (Å²) in [7, 11) is -1.77. The lowest BCUT2D eigenvalue weighted by Crippen LogP contribution is -2.39. The zero-order valence-electron chi connectivity index (χ0n) is 16.0. The Kier molecular flexibility index (Phi) is 10.1. The lowest BCUT2D eigenvalue weighted by molar-refractivity contribution is 0.122. The first kappa shape index (κ1) is 22.1. The Morgan fingerprint density at radius 1 is 1.23 bits per heavy atom. The fraction of sp³-hybridized carbons (Fsp3) is 0.889. The van der Waals surface area contributed by atoms with Gasteiger partial charge in [-0.15, -0.1) is 11.8 Å². The zero-order valence-corrected chi connectivity index (χ0v) is 17.8. The van der Waals surface area contributed by atoms with E-state index < -0.39 is 8.32 Å². The smallest absolute Gasteiger partial charge is 0.249 e. The van der Waals surface area contributed by atoms with Gasteiger partial charge in [0, 0.05) is 10.8 Å². The highest BCUT2D eigenvalue weighted by Crippen LogP contribution is 2.38. The van der Waals surface area contributed by atoms with E-state index in [0.29, 0.717) is 0 Å². The maximum atomic E-state index is 10.4. The van der Waals surface area contributed by atoms with Crippen molar-refractivity contribution in [2.45, 2.75) is 91.0 Å². The molecule has 0 heterocycles. The van der Waals surface area contributed by atoms with Gasteiger partial charge in [0.2, 0.25) is 8.32 Å². The molecule has 0 aromatic heterocycles. The Morgan fingerprint density at radius 2 is 1.82 bits per heavy atom. The molecule has 0 aliphatic heterocycles. The van der Waals surface area contributed by atoms with E-state index in [1.54, 1.807) is 11.8 Å². The molecule has 4 heteroatoms. The van der Waals surface area contributed by atoms with E-state index in [2.05, 4.69) is 54.0 Å². The molecular formula is C18H38O2SSi. The molecule has 2 atom stereocenters. The van der Waals surface area contributed by atoms with Crippen molar-refractivity contribution < 1.29 is 9.53 Å². The van der Waals surface area contributed by atoms with E-state index in [9.17, 15) is 5.11 Å². The topological polar surface area (TPSA) is 29.5 Å². The molecule has 0 fully saturated rings. The van der Waals surface area contributed by atoms with E-state index in [4.69, 9.17) is 4.43 Å². The third kappa shape index (κ3) is 7.56. The summed E-state index contributed by atoms with van der Waals surface area (Å²) in [6, 6.07) is 0. The minimum atomic E-state index is -1.77. The number of thioether (sulfide) groups is 1. The van der Waals surface area contributed by atoms with Crippen molar-refractivity contribution in [3.05, 3.63) is 11.2 Å². The van der Waals surface area contributed by atoms with Crippen LogP contribution in [-0.4, -0.2) is 25.8 Å². The molecule has 132 valence electrons. The van der Waals surface area contributed by atoms with E-state index in [1.807, 2.05) is 6.26 Å². The van der Waals surface area contributed by atoms with Crippen LogP contribution in [0.1, 0.15) is 66.7 Å². The number of aliphatic hydroxyl groups is 1. The van der Waals surface area contributed by atoms with E-state index in [0.717, 1.165) is 17.7 Å². The summed E-state index contributed by atoms with van der Waals surface area (Å²) >= 11 is 1.70. The van der Waals surface area contributed by atoms with Crippen molar-refractivity contribution in [2.75, 3.05) is 6.26 Å². The highest BCUT2D eigenvalue weighted by Gasteiger charge is 2.38. The molecule has 0 bridgehead atoms. The Labute approximate surface area is 144 Å². The summed E-state index contributed by atoms with van der Waals surface area (Å²) in [5.74, 6) is 0.154. The van der Waals surface area contributed by atoms with Gasteiger partial charge in [0.25, 0.3) is 0 Å². The molecule has 22 heavy (non-hydrogen) atoms. The molecule has 1 N–H and O–H groups in total. The lowest BCUT2D eigenvalue weighted by atomic mass is 9.98. The van der Waals surface area contributed by atoms with Gasteiger partial charge in [0.15, 0.2) is 0 Å². The average Bonchev–Trinajstić information content (AvgIpc) is 2.42. The standard InChI is InChI=1S/C18H38O2SSi/c1-9-10-11-12-13-16(19)15(2)17(21-6)14-20-22(7,8)18(3,4)5/h14-16,19H,9-13H2,1-8H3/b17-14-/t15-,16-/m0/s1. The number of aliphatic hydroxyl groups excluding tert-OH is 1. The van der Waals surface area contributed by atoms with Gasteiger partial charge in [-0.1, -0.05) is 60.3 Å². The number of hydrogen-bond acceptors (Lipinski definition) is 3. The van der Waals surface area contributed by atoms with Crippen molar-refractivity contribution >= 4 is 20.1 Å². The Morgan fingerprint density at radius 3 is 2.27 bits per heavy atom. The fourth-order valence-electron chi connectivity index (χ4n) is 1.94. The van der Waals surface area contributed by atoms with Crippen LogP contribution in [0.3, 0.4) is 0 Å². The Bertz CT molecular complexity index is 334. The van der Waals surface area contributed by atoms with Gasteiger partial charge >= 0.3 is 0 Å². The van der Waals surface area contributed by atoms with Crippen molar-refractivity contribution in [3.8, 4) is 0 Å². The first-order valence-corrected chi connectivity index (χ1v) is 12.8. The van der Waals surface area contributed by atoms with Crippen LogP contribution in [0.2, 0.25) is 18.1 Å². The van der Waals surface area contributed by atoms with Gasteiger partial charge in [-0.2, -0.15) is 0 Å². The second kappa shape index (κ2) is 10.0. The lowest BCUT2D eigenvalue weighted by Gasteiger charge is -2.35. The Hall–Kier alpha value is 0.0669. The predicted molar refractivity (Wildman–Crippen MR) is 104 cm³/mol. The van der Waals surface area contributed by atoms with Crippen LogP contribution < -0.4 is 0 Å². The molecule has 0 aliphatic rings. The molecule has 0 unspecified atom stereocenters. The largest absolute Gasteiger partial charge is 0.548 e.